The van der Waals surface area contributed by atoms with Crippen molar-refractivity contribution in [2.45, 2.75) is 30.9 Å². The summed E-state index contributed by atoms with van der Waals surface area (Å²) in [5, 5.41) is 3.17. The van der Waals surface area contributed by atoms with E-state index in [0.717, 1.165) is 18.7 Å². The van der Waals surface area contributed by atoms with Gasteiger partial charge in [0.15, 0.2) is 11.6 Å². The van der Waals surface area contributed by atoms with Crippen LogP contribution < -0.4 is 5.32 Å². The zero-order valence-corrected chi connectivity index (χ0v) is 15.5. The molecule has 2 aromatic carbocycles. The standard InChI is InChI=1S/C19H20F3NO3S/c1-27(24,25)26-19(16-6-3-11-23-16)17(12-7-9-13(20)10-8-12)14-4-2-5-15(21)18(14)22/h2,4-5,7-10,16-17,19,23H,3,6,11H2,1H3. The van der Waals surface area contributed by atoms with Crippen molar-refractivity contribution in [2.75, 3.05) is 12.8 Å². The predicted octanol–water partition coefficient (Wildman–Crippen LogP) is 3.33. The van der Waals surface area contributed by atoms with Gasteiger partial charge in [-0.25, -0.2) is 13.2 Å². The van der Waals surface area contributed by atoms with Crippen molar-refractivity contribution in [3.05, 3.63) is 71.0 Å². The van der Waals surface area contributed by atoms with Gasteiger partial charge in [0.2, 0.25) is 0 Å². The third-order valence-corrected chi connectivity index (χ3v) is 5.23. The van der Waals surface area contributed by atoms with Crippen LogP contribution in [0.3, 0.4) is 0 Å². The minimum atomic E-state index is -3.88. The summed E-state index contributed by atoms with van der Waals surface area (Å²) in [6.45, 7) is 0.663. The molecule has 146 valence electrons. The number of rotatable bonds is 6. The van der Waals surface area contributed by atoms with Crippen LogP contribution in [0.15, 0.2) is 42.5 Å². The third kappa shape index (κ3) is 4.69. The Balaban J connectivity index is 2.16. The van der Waals surface area contributed by atoms with Crippen molar-refractivity contribution in [1.29, 1.82) is 0 Å². The largest absolute Gasteiger partial charge is 0.311 e. The maximum absolute atomic E-state index is 14.6. The molecule has 3 rings (SSSR count). The van der Waals surface area contributed by atoms with Gasteiger partial charge < -0.3 is 5.32 Å². The Bertz CT molecular complexity index is 897. The highest BCUT2D eigenvalue weighted by atomic mass is 32.2. The van der Waals surface area contributed by atoms with E-state index in [-0.39, 0.29) is 11.6 Å². The Morgan fingerprint density at radius 1 is 1.11 bits per heavy atom. The lowest BCUT2D eigenvalue weighted by Gasteiger charge is -2.32. The van der Waals surface area contributed by atoms with Gasteiger partial charge in [-0.15, -0.1) is 0 Å². The van der Waals surface area contributed by atoms with Crippen molar-refractivity contribution in [1.82, 2.24) is 5.32 Å². The first kappa shape index (κ1) is 19.9. The molecule has 0 aliphatic carbocycles. The third-order valence-electron chi connectivity index (χ3n) is 4.66. The molecule has 1 saturated heterocycles. The van der Waals surface area contributed by atoms with Crippen LogP contribution in [-0.2, 0) is 14.3 Å². The molecule has 2 aromatic rings. The highest BCUT2D eigenvalue weighted by Crippen LogP contribution is 2.36. The SMILES string of the molecule is CS(=O)(=O)OC(C1CCCN1)C(c1ccc(F)cc1)c1cccc(F)c1F. The summed E-state index contributed by atoms with van der Waals surface area (Å²) in [6, 6.07) is 8.59. The molecular weight excluding hydrogens is 379 g/mol. The molecule has 4 nitrogen and oxygen atoms in total. The molecule has 1 heterocycles. The summed E-state index contributed by atoms with van der Waals surface area (Å²) in [6.07, 6.45) is 1.33. The Morgan fingerprint density at radius 2 is 1.81 bits per heavy atom. The fourth-order valence-corrected chi connectivity index (χ4v) is 4.17. The molecule has 3 atom stereocenters. The summed E-state index contributed by atoms with van der Waals surface area (Å²) < 4.78 is 71.0. The molecule has 1 aliphatic rings. The molecule has 0 radical (unpaired) electrons. The monoisotopic (exact) mass is 399 g/mol. The molecule has 0 spiro atoms. The summed E-state index contributed by atoms with van der Waals surface area (Å²) in [4.78, 5) is 0. The van der Waals surface area contributed by atoms with Crippen LogP contribution >= 0.6 is 0 Å². The van der Waals surface area contributed by atoms with Crippen LogP contribution in [0.25, 0.3) is 0 Å². The normalized spacial score (nSPS) is 19.8. The lowest BCUT2D eigenvalue weighted by molar-refractivity contribution is 0.151. The van der Waals surface area contributed by atoms with E-state index >= 15 is 0 Å². The second-order valence-electron chi connectivity index (χ2n) is 6.64. The van der Waals surface area contributed by atoms with E-state index in [4.69, 9.17) is 4.18 Å². The quantitative estimate of drug-likeness (QED) is 0.757. The second kappa shape index (κ2) is 8.00. The molecule has 3 unspecified atom stereocenters. The van der Waals surface area contributed by atoms with E-state index in [9.17, 15) is 21.6 Å². The number of halogens is 3. The summed E-state index contributed by atoms with van der Waals surface area (Å²) in [5.41, 5.74) is 0.396. The molecular formula is C19H20F3NO3S. The zero-order valence-electron chi connectivity index (χ0n) is 14.7. The minimum Gasteiger partial charge on any atom is -0.311 e. The molecule has 1 N–H and O–H groups in total. The van der Waals surface area contributed by atoms with Gasteiger partial charge in [0.05, 0.1) is 6.26 Å². The van der Waals surface area contributed by atoms with E-state index in [0.29, 0.717) is 18.5 Å². The lowest BCUT2D eigenvalue weighted by Crippen LogP contribution is -2.42. The number of nitrogens with one attached hydrogen (secondary N) is 1. The maximum atomic E-state index is 14.6. The molecule has 8 heteroatoms. The molecule has 1 fully saturated rings. The maximum Gasteiger partial charge on any atom is 0.264 e. The van der Waals surface area contributed by atoms with Crippen LogP contribution in [0, 0.1) is 17.5 Å². The van der Waals surface area contributed by atoms with Crippen LogP contribution in [0.1, 0.15) is 29.9 Å². The van der Waals surface area contributed by atoms with E-state index in [1.54, 1.807) is 0 Å². The Morgan fingerprint density at radius 3 is 2.41 bits per heavy atom. The lowest BCUT2D eigenvalue weighted by atomic mass is 9.82. The Labute approximate surface area is 156 Å². The fraction of sp³-hybridized carbons (Fsp3) is 0.368. The van der Waals surface area contributed by atoms with Gasteiger partial charge in [0, 0.05) is 17.5 Å². The first-order chi connectivity index (χ1) is 12.8. The summed E-state index contributed by atoms with van der Waals surface area (Å²) >= 11 is 0. The average Bonchev–Trinajstić information content (AvgIpc) is 3.13. The first-order valence-corrected chi connectivity index (χ1v) is 10.4. The average molecular weight is 399 g/mol. The van der Waals surface area contributed by atoms with Crippen LogP contribution in [-0.4, -0.2) is 33.4 Å². The molecule has 0 bridgehead atoms. The van der Waals surface area contributed by atoms with Crippen LogP contribution in [0.2, 0.25) is 0 Å². The van der Waals surface area contributed by atoms with Crippen molar-refractivity contribution < 1.29 is 25.8 Å². The molecule has 0 saturated carbocycles. The van der Waals surface area contributed by atoms with Crippen molar-refractivity contribution in [3.63, 3.8) is 0 Å². The predicted molar refractivity (Wildman–Crippen MR) is 95.3 cm³/mol. The molecule has 1 aliphatic heterocycles. The van der Waals surface area contributed by atoms with Gasteiger partial charge in [0.1, 0.15) is 11.9 Å². The zero-order chi connectivity index (χ0) is 19.6. The highest BCUT2D eigenvalue weighted by Gasteiger charge is 2.38. The number of hydrogen-bond donors (Lipinski definition) is 1. The Kier molecular flexibility index (Phi) is 5.88. The molecule has 0 aromatic heterocycles. The smallest absolute Gasteiger partial charge is 0.264 e. The van der Waals surface area contributed by atoms with E-state index in [2.05, 4.69) is 5.32 Å². The van der Waals surface area contributed by atoms with E-state index in [1.165, 1.54) is 36.4 Å². The summed E-state index contributed by atoms with van der Waals surface area (Å²) in [7, 11) is -3.88. The van der Waals surface area contributed by atoms with Crippen molar-refractivity contribution in [2.24, 2.45) is 0 Å². The fourth-order valence-electron chi connectivity index (χ4n) is 3.53. The van der Waals surface area contributed by atoms with Crippen LogP contribution in [0.4, 0.5) is 13.2 Å². The minimum absolute atomic E-state index is 0.0380. The topological polar surface area (TPSA) is 55.4 Å². The van der Waals surface area contributed by atoms with Gasteiger partial charge in [-0.2, -0.15) is 8.42 Å². The first-order valence-electron chi connectivity index (χ1n) is 8.57. The highest BCUT2D eigenvalue weighted by molar-refractivity contribution is 7.86. The summed E-state index contributed by atoms with van der Waals surface area (Å²) in [5.74, 6) is -3.55. The Hall–Kier alpha value is -1.90. The van der Waals surface area contributed by atoms with Gasteiger partial charge in [-0.05, 0) is 43.1 Å². The van der Waals surface area contributed by atoms with Gasteiger partial charge in [0.25, 0.3) is 10.1 Å². The number of benzene rings is 2. The van der Waals surface area contributed by atoms with E-state index < -0.39 is 39.6 Å². The van der Waals surface area contributed by atoms with Crippen molar-refractivity contribution in [3.8, 4) is 0 Å². The second-order valence-corrected chi connectivity index (χ2v) is 8.24. The molecule has 27 heavy (non-hydrogen) atoms. The van der Waals surface area contributed by atoms with Gasteiger partial charge in [-0.1, -0.05) is 24.3 Å². The van der Waals surface area contributed by atoms with Crippen LogP contribution in [0.5, 0.6) is 0 Å². The van der Waals surface area contributed by atoms with E-state index in [1.807, 2.05) is 0 Å². The number of hydrogen-bond acceptors (Lipinski definition) is 4. The van der Waals surface area contributed by atoms with Gasteiger partial charge >= 0.3 is 0 Å². The molecule has 0 amide bonds. The van der Waals surface area contributed by atoms with Crippen molar-refractivity contribution >= 4 is 10.1 Å². The van der Waals surface area contributed by atoms with Gasteiger partial charge in [-0.3, -0.25) is 4.18 Å².